The van der Waals surface area contributed by atoms with Crippen molar-refractivity contribution in [2.75, 3.05) is 5.73 Å². The molecule has 1 aliphatic carbocycles. The number of hydrogen-bond donors (Lipinski definition) is 3. The monoisotopic (exact) mass is 367 g/mol. The van der Waals surface area contributed by atoms with Crippen LogP contribution >= 0.6 is 0 Å². The maximum Gasteiger partial charge on any atom is 0.307 e. The SMILES string of the molecule is Nc1nc(C2CCCC2)nc2c1nc(O)n2Cc1cccc(CC(=O)O)c1. The van der Waals surface area contributed by atoms with Gasteiger partial charge in [0.05, 0.1) is 13.0 Å². The van der Waals surface area contributed by atoms with Crippen LogP contribution in [-0.2, 0) is 17.8 Å². The van der Waals surface area contributed by atoms with E-state index in [1.54, 1.807) is 16.7 Å². The molecule has 0 atom stereocenters. The number of carboxylic acids is 1. The van der Waals surface area contributed by atoms with Gasteiger partial charge in [0.2, 0.25) is 0 Å². The van der Waals surface area contributed by atoms with E-state index in [4.69, 9.17) is 10.8 Å². The molecule has 0 radical (unpaired) electrons. The molecule has 0 saturated heterocycles. The van der Waals surface area contributed by atoms with Gasteiger partial charge in [-0.05, 0) is 24.0 Å². The normalized spacial score (nSPS) is 14.8. The van der Waals surface area contributed by atoms with E-state index >= 15 is 0 Å². The predicted molar refractivity (Wildman–Crippen MR) is 99.5 cm³/mol. The highest BCUT2D eigenvalue weighted by molar-refractivity contribution is 5.83. The largest absolute Gasteiger partial charge is 0.481 e. The van der Waals surface area contributed by atoms with Crippen LogP contribution in [0.3, 0.4) is 0 Å². The number of hydrogen-bond acceptors (Lipinski definition) is 6. The molecule has 1 fully saturated rings. The van der Waals surface area contributed by atoms with Gasteiger partial charge in [0.15, 0.2) is 17.0 Å². The summed E-state index contributed by atoms with van der Waals surface area (Å²) in [6.45, 7) is 0.316. The molecule has 0 aliphatic heterocycles. The molecular weight excluding hydrogens is 346 g/mol. The highest BCUT2D eigenvalue weighted by atomic mass is 16.4. The van der Waals surface area contributed by atoms with Crippen molar-refractivity contribution in [3.05, 3.63) is 41.2 Å². The molecule has 1 aliphatic rings. The Balaban J connectivity index is 1.73. The Bertz CT molecular complexity index is 1010. The number of nitrogens with zero attached hydrogens (tertiary/aromatic N) is 4. The van der Waals surface area contributed by atoms with E-state index in [2.05, 4.69) is 15.0 Å². The zero-order chi connectivity index (χ0) is 19.0. The molecular formula is C19H21N5O3. The van der Waals surface area contributed by atoms with E-state index in [0.717, 1.165) is 31.2 Å². The molecule has 0 amide bonds. The third kappa shape index (κ3) is 3.42. The number of aliphatic carboxylic acids is 1. The summed E-state index contributed by atoms with van der Waals surface area (Å²) >= 11 is 0. The van der Waals surface area contributed by atoms with Crippen molar-refractivity contribution in [3.63, 3.8) is 0 Å². The number of aromatic nitrogens is 4. The first-order valence-corrected chi connectivity index (χ1v) is 9.03. The van der Waals surface area contributed by atoms with E-state index in [-0.39, 0.29) is 18.2 Å². The lowest BCUT2D eigenvalue weighted by Gasteiger charge is -2.10. The van der Waals surface area contributed by atoms with E-state index in [9.17, 15) is 9.90 Å². The van der Waals surface area contributed by atoms with Crippen molar-refractivity contribution in [1.82, 2.24) is 19.5 Å². The predicted octanol–water partition coefficient (Wildman–Crippen LogP) is 2.45. The Kier molecular flexibility index (Phi) is 4.39. The standard InChI is InChI=1S/C19H21N5O3/c20-16-15-18(23-17(22-16)13-6-1-2-7-13)24(19(27)21-15)10-12-5-3-4-11(8-12)9-14(25)26/h3-5,8,13H,1-2,6-7,9-10H2,(H,21,27)(H,25,26)(H2,20,22,23). The lowest BCUT2D eigenvalue weighted by molar-refractivity contribution is -0.136. The number of carboxylic acid groups (broad SMARTS) is 1. The molecule has 1 saturated carbocycles. The third-order valence-corrected chi connectivity index (χ3v) is 5.03. The second-order valence-corrected chi connectivity index (χ2v) is 7.01. The first-order chi connectivity index (χ1) is 13.0. The number of fused-ring (bicyclic) bond motifs is 1. The molecule has 0 unspecified atom stereocenters. The van der Waals surface area contributed by atoms with Crippen molar-refractivity contribution in [3.8, 4) is 6.01 Å². The van der Waals surface area contributed by atoms with Crippen molar-refractivity contribution >= 4 is 23.0 Å². The fourth-order valence-electron chi connectivity index (χ4n) is 3.74. The van der Waals surface area contributed by atoms with Crippen molar-refractivity contribution in [2.24, 2.45) is 0 Å². The molecule has 8 heteroatoms. The van der Waals surface area contributed by atoms with Crippen LogP contribution < -0.4 is 5.73 Å². The molecule has 27 heavy (non-hydrogen) atoms. The van der Waals surface area contributed by atoms with Crippen LogP contribution in [0.5, 0.6) is 6.01 Å². The third-order valence-electron chi connectivity index (χ3n) is 5.03. The Hall–Kier alpha value is -3.16. The summed E-state index contributed by atoms with van der Waals surface area (Å²) in [6.07, 6.45) is 4.36. The number of aromatic hydroxyl groups is 1. The maximum absolute atomic E-state index is 10.9. The summed E-state index contributed by atoms with van der Waals surface area (Å²) < 4.78 is 1.59. The molecule has 140 valence electrons. The van der Waals surface area contributed by atoms with Gasteiger partial charge >= 0.3 is 5.97 Å². The number of carbonyl (C=O) groups is 1. The number of anilines is 1. The Morgan fingerprint density at radius 2 is 1.93 bits per heavy atom. The summed E-state index contributed by atoms with van der Waals surface area (Å²) in [5.74, 6) is 0.389. The fraction of sp³-hybridized carbons (Fsp3) is 0.368. The Morgan fingerprint density at radius 3 is 2.67 bits per heavy atom. The molecule has 0 bridgehead atoms. The molecule has 2 heterocycles. The van der Waals surface area contributed by atoms with Gasteiger partial charge in [-0.2, -0.15) is 4.98 Å². The van der Waals surface area contributed by atoms with Crippen molar-refractivity contribution in [2.45, 2.75) is 44.6 Å². The second kappa shape index (κ2) is 6.86. The maximum atomic E-state index is 10.9. The van der Waals surface area contributed by atoms with E-state index in [1.165, 1.54) is 0 Å². The number of nitrogens with two attached hydrogens (primary N) is 1. The minimum Gasteiger partial charge on any atom is -0.481 e. The van der Waals surface area contributed by atoms with Gasteiger partial charge < -0.3 is 15.9 Å². The summed E-state index contributed by atoms with van der Waals surface area (Å²) in [7, 11) is 0. The molecule has 3 aromatic rings. The summed E-state index contributed by atoms with van der Waals surface area (Å²) in [5, 5.41) is 19.3. The van der Waals surface area contributed by atoms with Gasteiger partial charge in [0, 0.05) is 5.92 Å². The zero-order valence-electron chi connectivity index (χ0n) is 14.8. The summed E-state index contributed by atoms with van der Waals surface area (Å²) in [6, 6.07) is 7.07. The molecule has 8 nitrogen and oxygen atoms in total. The second-order valence-electron chi connectivity index (χ2n) is 7.01. The minimum atomic E-state index is -0.884. The van der Waals surface area contributed by atoms with Gasteiger partial charge in [-0.3, -0.25) is 9.36 Å². The number of nitrogen functional groups attached to an aromatic ring is 1. The van der Waals surface area contributed by atoms with Crippen LogP contribution in [0, 0.1) is 0 Å². The number of rotatable bonds is 5. The fourth-order valence-corrected chi connectivity index (χ4v) is 3.74. The highest BCUT2D eigenvalue weighted by Crippen LogP contribution is 2.34. The van der Waals surface area contributed by atoms with Gasteiger partial charge in [-0.25, -0.2) is 9.97 Å². The van der Waals surface area contributed by atoms with Gasteiger partial charge in [-0.1, -0.05) is 37.1 Å². The smallest absolute Gasteiger partial charge is 0.307 e. The molecule has 4 rings (SSSR count). The summed E-state index contributed by atoms with van der Waals surface area (Å²) in [5.41, 5.74) is 8.51. The van der Waals surface area contributed by atoms with Crippen LogP contribution in [0.25, 0.3) is 11.2 Å². The highest BCUT2D eigenvalue weighted by Gasteiger charge is 2.23. The lowest BCUT2D eigenvalue weighted by Crippen LogP contribution is -2.07. The zero-order valence-corrected chi connectivity index (χ0v) is 14.8. The topological polar surface area (TPSA) is 127 Å². The average Bonchev–Trinajstić information content (AvgIpc) is 3.25. The van der Waals surface area contributed by atoms with Gasteiger partial charge in [-0.15, -0.1) is 0 Å². The first kappa shape index (κ1) is 17.3. The lowest BCUT2D eigenvalue weighted by atomic mass is 10.1. The molecule has 1 aromatic carbocycles. The van der Waals surface area contributed by atoms with E-state index in [0.29, 0.717) is 35.0 Å². The van der Waals surface area contributed by atoms with Crippen molar-refractivity contribution < 1.29 is 15.0 Å². The van der Waals surface area contributed by atoms with Crippen LogP contribution in [0.1, 0.15) is 48.6 Å². The first-order valence-electron chi connectivity index (χ1n) is 9.03. The summed E-state index contributed by atoms with van der Waals surface area (Å²) in [4.78, 5) is 24.1. The van der Waals surface area contributed by atoms with Crippen molar-refractivity contribution in [1.29, 1.82) is 0 Å². The molecule has 2 aromatic heterocycles. The van der Waals surface area contributed by atoms with Gasteiger partial charge in [0.25, 0.3) is 6.01 Å². The van der Waals surface area contributed by atoms with Crippen LogP contribution in [0.2, 0.25) is 0 Å². The Morgan fingerprint density at radius 1 is 1.19 bits per heavy atom. The van der Waals surface area contributed by atoms with Crippen LogP contribution in [0.15, 0.2) is 24.3 Å². The number of benzene rings is 1. The Labute approximate surface area is 155 Å². The van der Waals surface area contributed by atoms with Crippen LogP contribution in [-0.4, -0.2) is 35.7 Å². The minimum absolute atomic E-state index is 0.0502. The number of imidazole rings is 1. The quantitative estimate of drug-likeness (QED) is 0.632. The van der Waals surface area contributed by atoms with E-state index < -0.39 is 5.97 Å². The van der Waals surface area contributed by atoms with Crippen LogP contribution in [0.4, 0.5) is 5.82 Å². The van der Waals surface area contributed by atoms with Gasteiger partial charge in [0.1, 0.15) is 5.82 Å². The average molecular weight is 367 g/mol. The molecule has 4 N–H and O–H groups in total. The van der Waals surface area contributed by atoms with E-state index in [1.807, 2.05) is 12.1 Å². The molecule has 0 spiro atoms.